The zero-order valence-corrected chi connectivity index (χ0v) is 24.2. The number of aliphatic hydroxyl groups is 1. The largest absolute Gasteiger partial charge is 0.495 e. The normalized spacial score (nSPS) is 19.8. The number of fused-ring (bicyclic) bond motifs is 1. The van der Waals surface area contributed by atoms with Gasteiger partial charge in [0.15, 0.2) is 8.24 Å². The average molecular weight is 504 g/mol. The summed E-state index contributed by atoms with van der Waals surface area (Å²) in [5, 5.41) is 15.4. The average Bonchev–Trinajstić information content (AvgIpc) is 3.11. The smallest absolute Gasteiger partial charge is 0.407 e. The molecule has 8 heteroatoms. The van der Waals surface area contributed by atoms with Crippen molar-refractivity contribution in [3.8, 4) is 5.75 Å². The van der Waals surface area contributed by atoms with Crippen LogP contribution in [-0.2, 0) is 4.74 Å². The second-order valence-electron chi connectivity index (χ2n) is 12.0. The van der Waals surface area contributed by atoms with Crippen molar-refractivity contribution in [2.24, 2.45) is 5.92 Å². The molecular formula is C27H45N3O4Si. The van der Waals surface area contributed by atoms with Gasteiger partial charge in [-0.1, -0.05) is 41.5 Å². The third kappa shape index (κ3) is 5.10. The van der Waals surface area contributed by atoms with Crippen molar-refractivity contribution in [1.82, 2.24) is 14.5 Å². The molecule has 0 aromatic carbocycles. The fourth-order valence-electron chi connectivity index (χ4n) is 6.45. The number of ether oxygens (including phenoxy) is 2. The molecule has 2 aromatic heterocycles. The summed E-state index contributed by atoms with van der Waals surface area (Å²) in [7, 11) is -0.377. The Morgan fingerprint density at radius 2 is 1.71 bits per heavy atom. The van der Waals surface area contributed by atoms with Crippen LogP contribution in [0.25, 0.3) is 11.0 Å². The van der Waals surface area contributed by atoms with Gasteiger partial charge in [0, 0.05) is 17.0 Å². The Morgan fingerprint density at radius 1 is 1.14 bits per heavy atom. The van der Waals surface area contributed by atoms with E-state index in [-0.39, 0.29) is 12.0 Å². The second kappa shape index (κ2) is 10.1. The van der Waals surface area contributed by atoms with Crippen LogP contribution in [0.4, 0.5) is 4.79 Å². The summed E-state index contributed by atoms with van der Waals surface area (Å²) in [5.74, 6) is 0.636. The molecule has 0 radical (unpaired) electrons. The van der Waals surface area contributed by atoms with Gasteiger partial charge in [-0.3, -0.25) is 0 Å². The molecule has 1 aliphatic rings. The molecule has 7 nitrogen and oxygen atoms in total. The van der Waals surface area contributed by atoms with Gasteiger partial charge in [-0.05, 0) is 68.4 Å². The highest BCUT2D eigenvalue weighted by Gasteiger charge is 2.46. The number of rotatable bonds is 8. The maximum atomic E-state index is 12.1. The van der Waals surface area contributed by atoms with E-state index < -0.39 is 26.0 Å². The summed E-state index contributed by atoms with van der Waals surface area (Å²) in [5.41, 5.74) is 2.79. The molecule has 1 fully saturated rings. The summed E-state index contributed by atoms with van der Waals surface area (Å²) in [6, 6.07) is 2.10. The Labute approximate surface area is 211 Å². The van der Waals surface area contributed by atoms with Crippen LogP contribution in [0.2, 0.25) is 16.6 Å². The Kier molecular flexibility index (Phi) is 7.96. The Hall–Kier alpha value is -2.06. The van der Waals surface area contributed by atoms with Crippen LogP contribution in [0.15, 0.2) is 18.5 Å². The fraction of sp³-hybridized carbons (Fsp3) is 0.704. The van der Waals surface area contributed by atoms with Gasteiger partial charge in [0.2, 0.25) is 0 Å². The molecule has 35 heavy (non-hydrogen) atoms. The molecule has 2 heterocycles. The molecule has 2 N–H and O–H groups in total. The SMILES string of the molecule is COc1cnc2c(ccn2[Si](C(C)C)(C(C)C)C(C)C)c1C(O)C1CC(NC(=O)OC(C)(C)C)C1. The Balaban J connectivity index is 1.93. The van der Waals surface area contributed by atoms with E-state index in [4.69, 9.17) is 14.5 Å². The van der Waals surface area contributed by atoms with Gasteiger partial charge < -0.3 is 24.1 Å². The van der Waals surface area contributed by atoms with Crippen LogP contribution < -0.4 is 10.1 Å². The first-order valence-electron chi connectivity index (χ1n) is 13.0. The number of carbonyl (C=O) groups excluding carboxylic acids is 1. The fourth-order valence-corrected chi connectivity index (χ4v) is 13.0. The molecule has 1 unspecified atom stereocenters. The summed E-state index contributed by atoms with van der Waals surface area (Å²) in [4.78, 5) is 17.0. The van der Waals surface area contributed by atoms with Crippen molar-refractivity contribution in [3.63, 3.8) is 0 Å². The van der Waals surface area contributed by atoms with Crippen molar-refractivity contribution < 1.29 is 19.4 Å². The van der Waals surface area contributed by atoms with Gasteiger partial charge in [-0.2, -0.15) is 0 Å². The molecule has 2 aromatic rings. The zero-order chi connectivity index (χ0) is 26.3. The van der Waals surface area contributed by atoms with Crippen molar-refractivity contribution in [2.75, 3.05) is 7.11 Å². The molecule has 1 atom stereocenters. The number of aromatic nitrogens is 2. The van der Waals surface area contributed by atoms with Crippen molar-refractivity contribution in [3.05, 3.63) is 24.0 Å². The molecule has 0 saturated heterocycles. The van der Waals surface area contributed by atoms with Crippen molar-refractivity contribution >= 4 is 25.4 Å². The molecule has 0 spiro atoms. The highest BCUT2D eigenvalue weighted by Crippen LogP contribution is 2.47. The minimum Gasteiger partial charge on any atom is -0.495 e. The molecule has 0 aliphatic heterocycles. The maximum Gasteiger partial charge on any atom is 0.407 e. The Bertz CT molecular complexity index is 1010. The number of amides is 1. The van der Waals surface area contributed by atoms with Crippen molar-refractivity contribution in [1.29, 1.82) is 0 Å². The Morgan fingerprint density at radius 3 is 2.20 bits per heavy atom. The van der Waals surface area contributed by atoms with E-state index in [0.29, 0.717) is 35.2 Å². The topological polar surface area (TPSA) is 85.6 Å². The monoisotopic (exact) mass is 503 g/mol. The van der Waals surface area contributed by atoms with E-state index >= 15 is 0 Å². The summed E-state index contributed by atoms with van der Waals surface area (Å²) >= 11 is 0. The number of aliphatic hydroxyl groups excluding tert-OH is 1. The lowest BCUT2D eigenvalue weighted by atomic mass is 9.74. The maximum absolute atomic E-state index is 12.1. The third-order valence-corrected chi connectivity index (χ3v) is 14.5. The standard InChI is InChI=1S/C27H45N3O4Si/c1-16(2)35(17(3)4,18(5)6)30-12-11-21-23(22(33-10)15-28-25(21)30)24(31)19-13-20(14-19)29-26(32)34-27(7,8)9/h11-12,15-20,24,31H,13-14H2,1-10H3,(H,29,32). The summed E-state index contributed by atoms with van der Waals surface area (Å²) in [6.07, 6.45) is 4.22. The van der Waals surface area contributed by atoms with Gasteiger partial charge in [0.05, 0.1) is 19.4 Å². The highest BCUT2D eigenvalue weighted by atomic mass is 28.3. The summed E-state index contributed by atoms with van der Waals surface area (Å²) in [6.45, 7) is 19.6. The molecule has 3 rings (SSSR count). The first-order valence-corrected chi connectivity index (χ1v) is 15.1. The van der Waals surface area contributed by atoms with E-state index in [2.05, 4.69) is 63.4 Å². The van der Waals surface area contributed by atoms with Crippen LogP contribution in [0.5, 0.6) is 5.75 Å². The number of hydrogen-bond donors (Lipinski definition) is 2. The van der Waals surface area contributed by atoms with E-state index in [1.54, 1.807) is 13.3 Å². The molecule has 196 valence electrons. The molecular weight excluding hydrogens is 458 g/mol. The van der Waals surface area contributed by atoms with Gasteiger partial charge in [0.1, 0.15) is 17.0 Å². The molecule has 1 amide bonds. The number of hydrogen-bond acceptors (Lipinski definition) is 5. The van der Waals surface area contributed by atoms with Crippen LogP contribution in [0.3, 0.4) is 0 Å². The van der Waals surface area contributed by atoms with Gasteiger partial charge in [-0.15, -0.1) is 0 Å². The van der Waals surface area contributed by atoms with E-state index in [0.717, 1.165) is 16.6 Å². The van der Waals surface area contributed by atoms with Crippen LogP contribution in [-0.4, -0.2) is 47.4 Å². The lowest BCUT2D eigenvalue weighted by Crippen LogP contribution is -2.51. The minimum atomic E-state index is -2.00. The molecule has 0 bridgehead atoms. The predicted molar refractivity (Wildman–Crippen MR) is 144 cm³/mol. The van der Waals surface area contributed by atoms with Gasteiger partial charge in [-0.25, -0.2) is 9.78 Å². The van der Waals surface area contributed by atoms with Gasteiger partial charge in [0.25, 0.3) is 0 Å². The quantitative estimate of drug-likeness (QED) is 0.407. The lowest BCUT2D eigenvalue weighted by Gasteiger charge is -2.44. The summed E-state index contributed by atoms with van der Waals surface area (Å²) < 4.78 is 13.5. The van der Waals surface area contributed by atoms with E-state index in [9.17, 15) is 9.90 Å². The lowest BCUT2D eigenvalue weighted by molar-refractivity contribution is 0.0227. The van der Waals surface area contributed by atoms with Crippen LogP contribution in [0.1, 0.15) is 86.8 Å². The number of pyridine rings is 1. The van der Waals surface area contributed by atoms with Crippen LogP contribution >= 0.6 is 0 Å². The number of carbonyl (C=O) groups is 1. The third-order valence-electron chi connectivity index (χ3n) is 7.77. The molecule has 1 saturated carbocycles. The molecule has 1 aliphatic carbocycles. The van der Waals surface area contributed by atoms with Crippen molar-refractivity contribution in [2.45, 2.75) is 110 Å². The van der Waals surface area contributed by atoms with Gasteiger partial charge >= 0.3 is 6.09 Å². The van der Waals surface area contributed by atoms with Crippen LogP contribution in [0, 0.1) is 5.92 Å². The second-order valence-corrected chi connectivity index (χ2v) is 17.8. The van der Waals surface area contributed by atoms with E-state index in [1.807, 2.05) is 20.8 Å². The number of nitrogens with zero attached hydrogens (tertiary/aromatic N) is 2. The number of alkyl carbamates (subject to hydrolysis) is 1. The zero-order valence-electron chi connectivity index (χ0n) is 23.2. The first kappa shape index (κ1) is 27.5. The number of nitrogens with one attached hydrogen (secondary N) is 1. The minimum absolute atomic E-state index is 0.000279. The van der Waals surface area contributed by atoms with E-state index in [1.165, 1.54) is 0 Å². The number of methoxy groups -OCH3 is 1. The highest BCUT2D eigenvalue weighted by molar-refractivity contribution is 6.82. The predicted octanol–water partition coefficient (Wildman–Crippen LogP) is 6.41. The first-order chi connectivity index (χ1) is 16.2.